The maximum atomic E-state index is 12.7. The summed E-state index contributed by atoms with van der Waals surface area (Å²) < 4.78 is 37.9. The van der Waals surface area contributed by atoms with Crippen LogP contribution in [0.15, 0.2) is 23.1 Å². The molecule has 1 saturated heterocycles. The fourth-order valence-electron chi connectivity index (χ4n) is 2.53. The van der Waals surface area contributed by atoms with Crippen LogP contribution < -0.4 is 15.2 Å². The normalized spacial score (nSPS) is 19.0. The molecule has 1 aromatic carbocycles. The van der Waals surface area contributed by atoms with Gasteiger partial charge in [0, 0.05) is 25.2 Å². The van der Waals surface area contributed by atoms with Gasteiger partial charge in [-0.3, -0.25) is 0 Å². The SMILES string of the molecule is CCOc1ccc(S(=O)(=O)N2CCCC(N)C2)cc1OCC.Cl. The minimum atomic E-state index is -3.55. The maximum absolute atomic E-state index is 12.7. The zero-order chi connectivity index (χ0) is 16.2. The van der Waals surface area contributed by atoms with Gasteiger partial charge in [-0.25, -0.2) is 8.42 Å². The lowest BCUT2D eigenvalue weighted by molar-refractivity contribution is 0.286. The van der Waals surface area contributed by atoms with Crippen LogP contribution in [0, 0.1) is 0 Å². The van der Waals surface area contributed by atoms with E-state index in [-0.39, 0.29) is 23.3 Å². The molecule has 1 aliphatic heterocycles. The Kier molecular flexibility index (Phi) is 7.60. The van der Waals surface area contributed by atoms with E-state index < -0.39 is 10.0 Å². The molecule has 0 aliphatic carbocycles. The van der Waals surface area contributed by atoms with E-state index in [1.807, 2.05) is 13.8 Å². The Morgan fingerprint density at radius 1 is 1.22 bits per heavy atom. The topological polar surface area (TPSA) is 81.9 Å². The molecule has 132 valence electrons. The highest BCUT2D eigenvalue weighted by molar-refractivity contribution is 7.89. The Morgan fingerprint density at radius 2 is 1.87 bits per heavy atom. The smallest absolute Gasteiger partial charge is 0.243 e. The van der Waals surface area contributed by atoms with Crippen LogP contribution in [0.25, 0.3) is 0 Å². The zero-order valence-electron chi connectivity index (χ0n) is 13.5. The number of piperidine rings is 1. The molecule has 0 amide bonds. The first kappa shape index (κ1) is 20.0. The van der Waals surface area contributed by atoms with Crippen LogP contribution in [0.3, 0.4) is 0 Å². The van der Waals surface area contributed by atoms with Crippen LogP contribution in [0.2, 0.25) is 0 Å². The molecule has 0 saturated carbocycles. The number of ether oxygens (including phenoxy) is 2. The lowest BCUT2D eigenvalue weighted by Crippen LogP contribution is -2.45. The van der Waals surface area contributed by atoms with Crippen molar-refractivity contribution in [3.05, 3.63) is 18.2 Å². The summed E-state index contributed by atoms with van der Waals surface area (Å²) in [5, 5.41) is 0. The van der Waals surface area contributed by atoms with E-state index in [4.69, 9.17) is 15.2 Å². The monoisotopic (exact) mass is 364 g/mol. The number of nitrogens with zero attached hydrogens (tertiary/aromatic N) is 1. The number of benzene rings is 1. The molecule has 8 heteroatoms. The standard InChI is InChI=1S/C15H24N2O4S.ClH/c1-3-20-14-8-7-13(10-15(14)21-4-2)22(18,19)17-9-5-6-12(16)11-17;/h7-8,10,12H,3-6,9,11,16H2,1-2H3;1H. The first-order valence-corrected chi connectivity index (χ1v) is 9.08. The summed E-state index contributed by atoms with van der Waals surface area (Å²) in [4.78, 5) is 0.216. The molecule has 0 aromatic heterocycles. The summed E-state index contributed by atoms with van der Waals surface area (Å²) in [6.45, 7) is 5.52. The summed E-state index contributed by atoms with van der Waals surface area (Å²) >= 11 is 0. The molecule has 6 nitrogen and oxygen atoms in total. The highest BCUT2D eigenvalue weighted by atomic mass is 35.5. The fourth-order valence-corrected chi connectivity index (χ4v) is 4.08. The molecular formula is C15H25ClN2O4S. The van der Waals surface area contributed by atoms with E-state index in [1.165, 1.54) is 10.4 Å². The van der Waals surface area contributed by atoms with Crippen molar-refractivity contribution in [2.24, 2.45) is 5.73 Å². The number of rotatable bonds is 6. The summed E-state index contributed by atoms with van der Waals surface area (Å²) in [5.74, 6) is 1.00. The highest BCUT2D eigenvalue weighted by Gasteiger charge is 2.29. The maximum Gasteiger partial charge on any atom is 0.243 e. The molecule has 1 aliphatic rings. The summed E-state index contributed by atoms with van der Waals surface area (Å²) in [6.07, 6.45) is 1.65. The average molecular weight is 365 g/mol. The van der Waals surface area contributed by atoms with E-state index in [0.29, 0.717) is 37.8 Å². The second-order valence-electron chi connectivity index (χ2n) is 5.24. The van der Waals surface area contributed by atoms with Gasteiger partial charge in [-0.1, -0.05) is 0 Å². The molecule has 2 rings (SSSR count). The number of sulfonamides is 1. The lowest BCUT2D eigenvalue weighted by atomic mass is 10.1. The molecule has 0 bridgehead atoms. The second-order valence-corrected chi connectivity index (χ2v) is 7.18. The van der Waals surface area contributed by atoms with Crippen molar-refractivity contribution >= 4 is 22.4 Å². The van der Waals surface area contributed by atoms with E-state index in [1.54, 1.807) is 12.1 Å². The van der Waals surface area contributed by atoms with Crippen molar-refractivity contribution in [1.82, 2.24) is 4.31 Å². The Bertz CT molecular complexity index is 609. The van der Waals surface area contributed by atoms with Crippen LogP contribution >= 0.6 is 12.4 Å². The van der Waals surface area contributed by atoms with Gasteiger partial charge < -0.3 is 15.2 Å². The third-order valence-electron chi connectivity index (χ3n) is 3.57. The number of halogens is 1. The van der Waals surface area contributed by atoms with Crippen molar-refractivity contribution in [3.8, 4) is 11.5 Å². The molecular weight excluding hydrogens is 340 g/mol. The van der Waals surface area contributed by atoms with Crippen LogP contribution in [0.5, 0.6) is 11.5 Å². The lowest BCUT2D eigenvalue weighted by Gasteiger charge is -2.30. The van der Waals surface area contributed by atoms with Crippen LogP contribution in [-0.2, 0) is 10.0 Å². The molecule has 1 unspecified atom stereocenters. The van der Waals surface area contributed by atoms with Crippen molar-refractivity contribution < 1.29 is 17.9 Å². The predicted octanol–water partition coefficient (Wildman–Crippen LogP) is 2.02. The molecule has 0 spiro atoms. The summed E-state index contributed by atoms with van der Waals surface area (Å²) in [7, 11) is -3.55. The summed E-state index contributed by atoms with van der Waals surface area (Å²) in [6, 6.07) is 4.63. The molecule has 0 radical (unpaired) electrons. The quantitative estimate of drug-likeness (QED) is 0.835. The Balaban J connectivity index is 0.00000264. The fraction of sp³-hybridized carbons (Fsp3) is 0.600. The van der Waals surface area contributed by atoms with Crippen molar-refractivity contribution in [2.75, 3.05) is 26.3 Å². The van der Waals surface area contributed by atoms with E-state index >= 15 is 0 Å². The third kappa shape index (κ3) is 4.73. The van der Waals surface area contributed by atoms with E-state index in [2.05, 4.69) is 0 Å². The molecule has 1 heterocycles. The van der Waals surface area contributed by atoms with Gasteiger partial charge in [0.15, 0.2) is 11.5 Å². The van der Waals surface area contributed by atoms with Crippen molar-refractivity contribution in [1.29, 1.82) is 0 Å². The van der Waals surface area contributed by atoms with E-state index in [0.717, 1.165) is 12.8 Å². The minimum absolute atomic E-state index is 0. The highest BCUT2D eigenvalue weighted by Crippen LogP contribution is 2.32. The molecule has 2 N–H and O–H groups in total. The van der Waals surface area contributed by atoms with Crippen molar-refractivity contribution in [2.45, 2.75) is 37.6 Å². The third-order valence-corrected chi connectivity index (χ3v) is 5.43. The van der Waals surface area contributed by atoms with Gasteiger partial charge in [-0.15, -0.1) is 12.4 Å². The van der Waals surface area contributed by atoms with Gasteiger partial charge in [-0.2, -0.15) is 4.31 Å². The molecule has 1 aromatic rings. The minimum Gasteiger partial charge on any atom is -0.490 e. The first-order valence-electron chi connectivity index (χ1n) is 7.64. The Morgan fingerprint density at radius 3 is 2.48 bits per heavy atom. The molecule has 23 heavy (non-hydrogen) atoms. The van der Waals surface area contributed by atoms with Gasteiger partial charge in [0.1, 0.15) is 0 Å². The van der Waals surface area contributed by atoms with Gasteiger partial charge in [0.25, 0.3) is 0 Å². The summed E-state index contributed by atoms with van der Waals surface area (Å²) in [5.41, 5.74) is 5.89. The van der Waals surface area contributed by atoms with Crippen LogP contribution in [0.4, 0.5) is 0 Å². The van der Waals surface area contributed by atoms with Gasteiger partial charge >= 0.3 is 0 Å². The number of hydrogen-bond donors (Lipinski definition) is 1. The van der Waals surface area contributed by atoms with Gasteiger partial charge in [0.2, 0.25) is 10.0 Å². The van der Waals surface area contributed by atoms with Crippen molar-refractivity contribution in [3.63, 3.8) is 0 Å². The van der Waals surface area contributed by atoms with Crippen LogP contribution in [-0.4, -0.2) is 45.1 Å². The molecule has 1 atom stereocenters. The second kappa shape index (κ2) is 8.73. The Hall–Kier alpha value is -1.02. The van der Waals surface area contributed by atoms with E-state index in [9.17, 15) is 8.42 Å². The zero-order valence-corrected chi connectivity index (χ0v) is 15.2. The molecule has 1 fully saturated rings. The number of hydrogen-bond acceptors (Lipinski definition) is 5. The predicted molar refractivity (Wildman–Crippen MR) is 92.0 cm³/mol. The first-order chi connectivity index (χ1) is 10.5. The average Bonchev–Trinajstić information content (AvgIpc) is 2.49. The largest absolute Gasteiger partial charge is 0.490 e. The van der Waals surface area contributed by atoms with Gasteiger partial charge in [0.05, 0.1) is 18.1 Å². The van der Waals surface area contributed by atoms with Gasteiger partial charge in [-0.05, 0) is 38.8 Å². The number of nitrogens with two attached hydrogens (primary N) is 1. The Labute approximate surface area is 144 Å². The van der Waals surface area contributed by atoms with Crippen LogP contribution in [0.1, 0.15) is 26.7 Å².